The fourth-order valence-corrected chi connectivity index (χ4v) is 1.35. The molecule has 1 fully saturated rings. The van der Waals surface area contributed by atoms with Crippen molar-refractivity contribution < 1.29 is 40.6 Å². The summed E-state index contributed by atoms with van der Waals surface area (Å²) in [6.45, 7) is 0. The van der Waals surface area contributed by atoms with Gasteiger partial charge in [-0.05, 0) is 0 Å². The molecule has 6 nitrogen and oxygen atoms in total. The van der Waals surface area contributed by atoms with Crippen molar-refractivity contribution in [2.75, 3.05) is 0 Å². The van der Waals surface area contributed by atoms with E-state index >= 15 is 0 Å². The van der Waals surface area contributed by atoms with Gasteiger partial charge in [0.15, 0.2) is 0 Å². The van der Waals surface area contributed by atoms with E-state index in [1.165, 1.54) is 0 Å². The van der Waals surface area contributed by atoms with Crippen LogP contribution >= 0.6 is 0 Å². The van der Waals surface area contributed by atoms with E-state index in [0.717, 1.165) is 0 Å². The third-order valence-electron chi connectivity index (χ3n) is 2.11. The summed E-state index contributed by atoms with van der Waals surface area (Å²) in [5.41, 5.74) is -0.869. The molecule has 0 aromatic carbocycles. The summed E-state index contributed by atoms with van der Waals surface area (Å²) < 4.78 is 0. The second-order valence-electron chi connectivity index (χ2n) is 2.92. The van der Waals surface area contributed by atoms with Crippen LogP contribution in [0, 0.1) is 68.0 Å². The minimum Gasteiger partial charge on any atom is -1.00 e. The van der Waals surface area contributed by atoms with Gasteiger partial charge in [-0.15, -0.1) is 0 Å². The molecule has 1 aliphatic carbocycles. The maximum absolute atomic E-state index is 8.72. The molecule has 1 rings (SSSR count). The monoisotopic (exact) mass is 244 g/mol. The summed E-state index contributed by atoms with van der Waals surface area (Å²) in [7, 11) is 0. The molecule has 0 spiro atoms. The molecule has 20 heavy (non-hydrogen) atoms. The van der Waals surface area contributed by atoms with Crippen molar-refractivity contribution in [2.45, 2.75) is 0 Å². The molecule has 1 aliphatic rings. The topological polar surface area (TPSA) is 143 Å². The van der Waals surface area contributed by atoms with Crippen molar-refractivity contribution >= 4 is 0 Å². The van der Waals surface area contributed by atoms with Gasteiger partial charge in [0.1, 0.15) is 53.1 Å². The Morgan fingerprint density at radius 3 is 0.750 bits per heavy atom. The number of nitrogens with zero attached hydrogens (tertiary/aromatic N) is 6. The van der Waals surface area contributed by atoms with E-state index in [4.69, 9.17) is 31.6 Å². The molecule has 0 unspecified atom stereocenters. The van der Waals surface area contributed by atoms with Crippen LogP contribution in [-0.2, 0) is 0 Å². The molecule has 0 aliphatic heterocycles. The van der Waals surface area contributed by atoms with Gasteiger partial charge in [0.25, 0.3) is 0 Å². The van der Waals surface area contributed by atoms with Gasteiger partial charge < -0.3 is 2.85 Å². The molecule has 8 heteroatoms. The molecule has 0 N–H and O–H groups in total. The average Bonchev–Trinajstić information content (AvgIpc) is 3.10. The van der Waals surface area contributed by atoms with Gasteiger partial charge in [0.05, 0.1) is 0 Å². The normalized spacial score (nSPS) is 9.60. The van der Waals surface area contributed by atoms with Crippen LogP contribution in [0.15, 0.2) is 33.4 Å². The van der Waals surface area contributed by atoms with Crippen molar-refractivity contribution in [3.05, 3.63) is 33.4 Å². The van der Waals surface area contributed by atoms with Crippen molar-refractivity contribution in [3.8, 4) is 36.4 Å². The zero-order chi connectivity index (χ0) is 13.7. The van der Waals surface area contributed by atoms with E-state index < -0.39 is 0 Å². The van der Waals surface area contributed by atoms with E-state index in [1.54, 1.807) is 36.4 Å². The van der Waals surface area contributed by atoms with Gasteiger partial charge in [-0.1, -0.05) is 0 Å². The van der Waals surface area contributed by atoms with E-state index in [2.05, 4.69) is 0 Å². The van der Waals surface area contributed by atoms with Crippen LogP contribution in [0.2, 0.25) is 0 Å². The standard InChI is InChI=1S/C12N6.2Li.2H/c13-1-7(2-14)10-11(8(3-15)4-16)12(10)9(5-17)6-18;;;;/q;2*+1;2*-1. The van der Waals surface area contributed by atoms with Crippen LogP contribution in [0.25, 0.3) is 0 Å². The molecule has 0 bridgehead atoms. The molecule has 0 heterocycles. The Bertz CT molecular complexity index is 628. The molecular formula is C12H2Li2N6. The molecule has 0 radical (unpaired) electrons. The summed E-state index contributed by atoms with van der Waals surface area (Å²) in [5, 5.41) is 52.3. The summed E-state index contributed by atoms with van der Waals surface area (Å²) in [5.74, 6) is 0. The fourth-order valence-electron chi connectivity index (χ4n) is 1.35. The first-order chi connectivity index (χ1) is 8.69. The first-order valence-electron chi connectivity index (χ1n) is 4.34. The summed E-state index contributed by atoms with van der Waals surface area (Å²) in [4.78, 5) is 0. The predicted octanol–water partition coefficient (Wildman–Crippen LogP) is -4.74. The quantitative estimate of drug-likeness (QED) is 0.309. The number of hydrogen-bond acceptors (Lipinski definition) is 6. The summed E-state index contributed by atoms with van der Waals surface area (Å²) in [6, 6.07) is 9.55. The average molecular weight is 244 g/mol. The van der Waals surface area contributed by atoms with E-state index in [0.29, 0.717) is 0 Å². The predicted molar refractivity (Wildman–Crippen MR) is 57.0 cm³/mol. The van der Waals surface area contributed by atoms with Crippen LogP contribution in [0.1, 0.15) is 2.85 Å². The van der Waals surface area contributed by atoms with Gasteiger partial charge in [0.2, 0.25) is 0 Å². The van der Waals surface area contributed by atoms with Crippen molar-refractivity contribution in [2.24, 2.45) is 0 Å². The summed E-state index contributed by atoms with van der Waals surface area (Å²) in [6.07, 6.45) is 0. The zero-order valence-electron chi connectivity index (χ0n) is 12.7. The van der Waals surface area contributed by atoms with Crippen molar-refractivity contribution in [1.29, 1.82) is 31.6 Å². The summed E-state index contributed by atoms with van der Waals surface area (Å²) >= 11 is 0. The van der Waals surface area contributed by atoms with Crippen molar-refractivity contribution in [3.63, 3.8) is 0 Å². The van der Waals surface area contributed by atoms with Crippen LogP contribution in [0.3, 0.4) is 0 Å². The number of rotatable bonds is 0. The SMILES string of the molecule is N#CC(C#N)=C1C(=C(C#N)C#N)C1=C(C#N)C#N.[H-].[H-].[Li+].[Li+]. The molecule has 0 amide bonds. The molecule has 0 atom stereocenters. The van der Waals surface area contributed by atoms with Crippen molar-refractivity contribution in [1.82, 2.24) is 0 Å². The van der Waals surface area contributed by atoms with E-state index in [-0.39, 0.29) is 74.0 Å². The van der Waals surface area contributed by atoms with Gasteiger partial charge in [0, 0.05) is 16.7 Å². The van der Waals surface area contributed by atoms with Crippen LogP contribution in [-0.4, -0.2) is 0 Å². The maximum atomic E-state index is 8.72. The molecule has 82 valence electrons. The Kier molecular flexibility index (Phi) is 8.32. The molecule has 0 aromatic rings. The second kappa shape index (κ2) is 8.46. The molecule has 0 saturated heterocycles. The van der Waals surface area contributed by atoms with Gasteiger partial charge >= 0.3 is 37.7 Å². The Morgan fingerprint density at radius 1 is 0.500 bits per heavy atom. The van der Waals surface area contributed by atoms with Gasteiger partial charge in [-0.25, -0.2) is 0 Å². The minimum absolute atomic E-state index is 0. The minimum atomic E-state index is -0.328. The molecular weight excluding hydrogens is 242 g/mol. The fraction of sp³-hybridized carbons (Fsp3) is 0. The first kappa shape index (κ1) is 19.7. The third kappa shape index (κ3) is 3.22. The van der Waals surface area contributed by atoms with E-state index in [9.17, 15) is 0 Å². The zero-order valence-corrected chi connectivity index (χ0v) is 10.7. The van der Waals surface area contributed by atoms with Gasteiger partial charge in [-0.2, -0.15) is 31.6 Å². The first-order valence-corrected chi connectivity index (χ1v) is 4.34. The largest absolute Gasteiger partial charge is 1.00 e. The van der Waals surface area contributed by atoms with E-state index in [1.807, 2.05) is 0 Å². The van der Waals surface area contributed by atoms with Crippen LogP contribution in [0.4, 0.5) is 0 Å². The Labute approximate surface area is 142 Å². The Morgan fingerprint density at radius 2 is 0.650 bits per heavy atom. The number of hydrogen-bond donors (Lipinski definition) is 0. The number of nitriles is 6. The molecule has 0 aromatic heterocycles. The van der Waals surface area contributed by atoms with Crippen LogP contribution < -0.4 is 37.7 Å². The maximum Gasteiger partial charge on any atom is 1.00 e. The van der Waals surface area contributed by atoms with Crippen LogP contribution in [0.5, 0.6) is 0 Å². The number of allylic oxidation sites excluding steroid dienone is 6. The second-order valence-corrected chi connectivity index (χ2v) is 2.92. The smallest absolute Gasteiger partial charge is 1.00 e. The molecule has 1 saturated carbocycles. The Balaban J connectivity index is -0.000000405. The Hall–Kier alpha value is -2.65. The van der Waals surface area contributed by atoms with Gasteiger partial charge in [-0.3, -0.25) is 0 Å². The third-order valence-corrected chi connectivity index (χ3v) is 2.11.